The van der Waals surface area contributed by atoms with Crippen molar-refractivity contribution in [3.63, 3.8) is 0 Å². The molecule has 0 aliphatic carbocycles. The second kappa shape index (κ2) is 9.67. The maximum absolute atomic E-state index is 13.2. The van der Waals surface area contributed by atoms with Crippen molar-refractivity contribution in [2.45, 2.75) is 33.6 Å². The summed E-state index contributed by atoms with van der Waals surface area (Å²) in [6.45, 7) is 6.34. The van der Waals surface area contributed by atoms with Crippen LogP contribution in [0.2, 0.25) is 0 Å². The zero-order valence-electron chi connectivity index (χ0n) is 17.5. The highest BCUT2D eigenvalue weighted by molar-refractivity contribution is 7.12. The van der Waals surface area contributed by atoms with Gasteiger partial charge >= 0.3 is 6.09 Å². The minimum absolute atomic E-state index is 0.0924. The second-order valence-corrected chi connectivity index (χ2v) is 7.94. The third-order valence-electron chi connectivity index (χ3n) is 4.57. The van der Waals surface area contributed by atoms with Gasteiger partial charge in [-0.25, -0.2) is 9.78 Å². The van der Waals surface area contributed by atoms with E-state index in [1.54, 1.807) is 11.4 Å². The van der Waals surface area contributed by atoms with Crippen LogP contribution in [0.1, 0.15) is 54.7 Å². The molecule has 3 rings (SSSR count). The monoisotopic (exact) mass is 427 g/mol. The molecule has 0 unspecified atom stereocenters. The molecule has 2 heterocycles. The van der Waals surface area contributed by atoms with Gasteiger partial charge in [-0.15, -0.1) is 11.3 Å². The van der Waals surface area contributed by atoms with E-state index in [0.29, 0.717) is 39.5 Å². The van der Waals surface area contributed by atoms with Crippen molar-refractivity contribution in [3.8, 4) is 0 Å². The number of fused-ring (bicyclic) bond motifs is 1. The Labute approximate surface area is 179 Å². The highest BCUT2D eigenvalue weighted by Gasteiger charge is 2.23. The maximum atomic E-state index is 13.2. The number of ketones is 1. The molecule has 0 spiro atoms. The number of unbranched alkanes of at least 4 members (excludes halogenated alkanes) is 1. The Bertz CT molecular complexity index is 1080. The van der Waals surface area contributed by atoms with Gasteiger partial charge in [0.25, 0.3) is 0 Å². The first-order chi connectivity index (χ1) is 14.5. The molecule has 8 heteroatoms. The summed E-state index contributed by atoms with van der Waals surface area (Å²) in [7, 11) is 1.48. The van der Waals surface area contributed by atoms with Crippen LogP contribution in [0.4, 0.5) is 4.79 Å². The first-order valence-electron chi connectivity index (χ1n) is 9.86. The standard InChI is InChI=1S/C22H25N3O4S/c1-5-6-11-29-22(27)25-12-16(15-9-7-8-10-18(15)25)20(26)21-23-17(13-30-21)19(14(2)3)24-28-4/h7-10,12-14H,5-6,11H2,1-4H3/b24-19+. The average Bonchev–Trinajstić information content (AvgIpc) is 3.37. The Morgan fingerprint density at radius 2 is 2.03 bits per heavy atom. The van der Waals surface area contributed by atoms with Crippen molar-refractivity contribution in [2.24, 2.45) is 11.1 Å². The molecule has 0 N–H and O–H groups in total. The normalized spacial score (nSPS) is 11.8. The predicted octanol–water partition coefficient (Wildman–Crippen LogP) is 5.12. The van der Waals surface area contributed by atoms with Crippen molar-refractivity contribution in [3.05, 3.63) is 52.1 Å². The number of aromatic nitrogens is 2. The van der Waals surface area contributed by atoms with Crippen LogP contribution in [0.25, 0.3) is 10.9 Å². The van der Waals surface area contributed by atoms with Gasteiger partial charge in [0.15, 0.2) is 5.01 Å². The lowest BCUT2D eigenvalue weighted by atomic mass is 10.1. The Morgan fingerprint density at radius 1 is 1.27 bits per heavy atom. The number of para-hydroxylation sites is 1. The molecule has 7 nitrogen and oxygen atoms in total. The summed E-state index contributed by atoms with van der Waals surface area (Å²) in [5, 5.41) is 6.84. The largest absolute Gasteiger partial charge is 0.449 e. The Balaban J connectivity index is 1.96. The van der Waals surface area contributed by atoms with E-state index in [2.05, 4.69) is 10.1 Å². The maximum Gasteiger partial charge on any atom is 0.418 e. The molecule has 0 saturated carbocycles. The lowest BCUT2D eigenvalue weighted by molar-refractivity contribution is 0.103. The Kier molecular flexibility index (Phi) is 6.99. The van der Waals surface area contributed by atoms with E-state index in [4.69, 9.17) is 9.57 Å². The van der Waals surface area contributed by atoms with Crippen molar-refractivity contribution < 1.29 is 19.2 Å². The van der Waals surface area contributed by atoms with Crippen LogP contribution in [0.3, 0.4) is 0 Å². The van der Waals surface area contributed by atoms with Crippen LogP contribution < -0.4 is 0 Å². The van der Waals surface area contributed by atoms with Gasteiger partial charge in [-0.1, -0.05) is 50.5 Å². The van der Waals surface area contributed by atoms with Gasteiger partial charge in [0.2, 0.25) is 5.78 Å². The number of hydrogen-bond acceptors (Lipinski definition) is 7. The molecular formula is C22H25N3O4S. The number of hydrogen-bond donors (Lipinski definition) is 0. The van der Waals surface area contributed by atoms with E-state index >= 15 is 0 Å². The molecule has 0 atom stereocenters. The minimum atomic E-state index is -0.493. The van der Waals surface area contributed by atoms with Crippen LogP contribution >= 0.6 is 11.3 Å². The van der Waals surface area contributed by atoms with Crippen LogP contribution in [0.15, 0.2) is 41.0 Å². The fraction of sp³-hybridized carbons (Fsp3) is 0.364. The first-order valence-corrected chi connectivity index (χ1v) is 10.7. The third kappa shape index (κ3) is 4.43. The van der Waals surface area contributed by atoms with Gasteiger partial charge in [-0.2, -0.15) is 0 Å². The molecule has 3 aromatic rings. The molecule has 1 aromatic carbocycles. The van der Waals surface area contributed by atoms with Crippen molar-refractivity contribution in [1.82, 2.24) is 9.55 Å². The summed E-state index contributed by atoms with van der Waals surface area (Å²) in [6, 6.07) is 7.27. The fourth-order valence-electron chi connectivity index (χ4n) is 3.04. The molecule has 0 radical (unpaired) electrons. The zero-order chi connectivity index (χ0) is 21.7. The highest BCUT2D eigenvalue weighted by atomic mass is 32.1. The predicted molar refractivity (Wildman–Crippen MR) is 118 cm³/mol. The van der Waals surface area contributed by atoms with E-state index in [-0.39, 0.29) is 11.7 Å². The van der Waals surface area contributed by atoms with E-state index in [1.165, 1.54) is 29.2 Å². The summed E-state index contributed by atoms with van der Waals surface area (Å²) in [5.74, 6) is -0.155. The third-order valence-corrected chi connectivity index (χ3v) is 5.42. The van der Waals surface area contributed by atoms with E-state index in [1.807, 2.05) is 39.0 Å². The number of carbonyl (C=O) groups excluding carboxylic acids is 2. The van der Waals surface area contributed by atoms with E-state index < -0.39 is 6.09 Å². The number of nitrogens with zero attached hydrogens (tertiary/aromatic N) is 3. The van der Waals surface area contributed by atoms with E-state index in [9.17, 15) is 9.59 Å². The molecule has 0 saturated heterocycles. The van der Waals surface area contributed by atoms with Gasteiger partial charge in [-0.05, 0) is 12.5 Å². The molecule has 2 aromatic heterocycles. The topological polar surface area (TPSA) is 82.8 Å². The first kappa shape index (κ1) is 21.7. The van der Waals surface area contributed by atoms with Crippen molar-refractivity contribution in [2.75, 3.05) is 13.7 Å². The molecule has 0 aliphatic heterocycles. The highest BCUT2D eigenvalue weighted by Crippen LogP contribution is 2.26. The quantitative estimate of drug-likeness (QED) is 0.216. The van der Waals surface area contributed by atoms with Crippen LogP contribution in [-0.2, 0) is 9.57 Å². The molecule has 0 fully saturated rings. The summed E-state index contributed by atoms with van der Waals surface area (Å²) >= 11 is 1.24. The molecule has 0 aliphatic rings. The smallest absolute Gasteiger partial charge is 0.418 e. The summed E-state index contributed by atoms with van der Waals surface area (Å²) in [4.78, 5) is 35.2. The number of carbonyl (C=O) groups is 2. The van der Waals surface area contributed by atoms with Gasteiger partial charge in [0.05, 0.1) is 23.4 Å². The number of ether oxygens (including phenoxy) is 1. The zero-order valence-corrected chi connectivity index (χ0v) is 18.4. The van der Waals surface area contributed by atoms with Crippen LogP contribution in [-0.4, -0.2) is 40.9 Å². The molecule has 0 bridgehead atoms. The number of oxime groups is 1. The SMILES string of the molecule is CCCCOC(=O)n1cc(C(=O)c2nc(/C(=N/OC)C(C)C)cs2)c2ccccc21. The van der Waals surface area contributed by atoms with E-state index in [0.717, 1.165) is 12.8 Å². The Hall–Kier alpha value is -3.00. The minimum Gasteiger partial charge on any atom is -0.449 e. The van der Waals surface area contributed by atoms with Crippen LogP contribution in [0, 0.1) is 5.92 Å². The molecule has 30 heavy (non-hydrogen) atoms. The lowest BCUT2D eigenvalue weighted by Crippen LogP contribution is -2.13. The van der Waals surface area contributed by atoms with Gasteiger partial charge in [-0.3, -0.25) is 9.36 Å². The summed E-state index contributed by atoms with van der Waals surface area (Å²) in [5.41, 5.74) is 2.33. The van der Waals surface area contributed by atoms with Crippen LogP contribution in [0.5, 0.6) is 0 Å². The molecule has 158 valence electrons. The lowest BCUT2D eigenvalue weighted by Gasteiger charge is -2.05. The summed E-state index contributed by atoms with van der Waals surface area (Å²) < 4.78 is 6.72. The number of thiazole rings is 1. The number of benzene rings is 1. The van der Waals surface area contributed by atoms with Gasteiger partial charge in [0, 0.05) is 22.9 Å². The van der Waals surface area contributed by atoms with Crippen molar-refractivity contribution >= 4 is 39.8 Å². The number of rotatable bonds is 8. The summed E-state index contributed by atoms with van der Waals surface area (Å²) in [6.07, 6.45) is 2.77. The Morgan fingerprint density at radius 3 is 2.73 bits per heavy atom. The van der Waals surface area contributed by atoms with Gasteiger partial charge < -0.3 is 9.57 Å². The average molecular weight is 428 g/mol. The second-order valence-electron chi connectivity index (χ2n) is 7.08. The molecule has 0 amide bonds. The fourth-order valence-corrected chi connectivity index (χ4v) is 3.81. The van der Waals surface area contributed by atoms with Gasteiger partial charge in [0.1, 0.15) is 12.8 Å². The van der Waals surface area contributed by atoms with Crippen molar-refractivity contribution in [1.29, 1.82) is 0 Å². The molecular weight excluding hydrogens is 402 g/mol.